The SMILES string of the molecule is CCNC(C)c1ccc(OCc2ccncc2)c(C)c1. The molecule has 0 aliphatic rings. The molecule has 0 radical (unpaired) electrons. The molecule has 1 atom stereocenters. The van der Waals surface area contributed by atoms with Crippen LogP contribution in [-0.4, -0.2) is 11.5 Å². The van der Waals surface area contributed by atoms with E-state index in [0.717, 1.165) is 17.9 Å². The molecule has 3 nitrogen and oxygen atoms in total. The summed E-state index contributed by atoms with van der Waals surface area (Å²) in [6.07, 6.45) is 3.57. The third kappa shape index (κ3) is 3.81. The summed E-state index contributed by atoms with van der Waals surface area (Å²) in [7, 11) is 0. The van der Waals surface area contributed by atoms with E-state index >= 15 is 0 Å². The van der Waals surface area contributed by atoms with Crippen LogP contribution in [0.1, 0.15) is 36.6 Å². The summed E-state index contributed by atoms with van der Waals surface area (Å²) >= 11 is 0. The number of hydrogen-bond donors (Lipinski definition) is 1. The van der Waals surface area contributed by atoms with Crippen molar-refractivity contribution >= 4 is 0 Å². The molecule has 0 aliphatic heterocycles. The van der Waals surface area contributed by atoms with E-state index in [-0.39, 0.29) is 0 Å². The molecule has 0 saturated carbocycles. The Morgan fingerprint density at radius 3 is 2.60 bits per heavy atom. The summed E-state index contributed by atoms with van der Waals surface area (Å²) in [5.41, 5.74) is 3.59. The van der Waals surface area contributed by atoms with Crippen molar-refractivity contribution in [3.8, 4) is 5.75 Å². The van der Waals surface area contributed by atoms with Crippen molar-refractivity contribution in [1.82, 2.24) is 10.3 Å². The first kappa shape index (κ1) is 14.5. The minimum atomic E-state index is 0.368. The quantitative estimate of drug-likeness (QED) is 0.870. The summed E-state index contributed by atoms with van der Waals surface area (Å²) in [5, 5.41) is 3.42. The van der Waals surface area contributed by atoms with Gasteiger partial charge >= 0.3 is 0 Å². The Balaban J connectivity index is 2.02. The Labute approximate surface area is 121 Å². The highest BCUT2D eigenvalue weighted by Crippen LogP contribution is 2.23. The molecule has 0 amide bonds. The number of nitrogens with zero attached hydrogens (tertiary/aromatic N) is 1. The van der Waals surface area contributed by atoms with Crippen LogP contribution < -0.4 is 10.1 Å². The van der Waals surface area contributed by atoms with E-state index in [0.29, 0.717) is 12.6 Å². The lowest BCUT2D eigenvalue weighted by Crippen LogP contribution is -2.17. The summed E-state index contributed by atoms with van der Waals surface area (Å²) in [6, 6.07) is 10.7. The van der Waals surface area contributed by atoms with Gasteiger partial charge in [0.1, 0.15) is 12.4 Å². The van der Waals surface area contributed by atoms with Gasteiger partial charge in [0.05, 0.1) is 0 Å². The molecule has 0 aliphatic carbocycles. The summed E-state index contributed by atoms with van der Waals surface area (Å²) in [4.78, 5) is 4.00. The van der Waals surface area contributed by atoms with Crippen molar-refractivity contribution in [3.63, 3.8) is 0 Å². The molecule has 1 N–H and O–H groups in total. The molecule has 2 aromatic rings. The third-order valence-corrected chi connectivity index (χ3v) is 3.35. The van der Waals surface area contributed by atoms with Crippen molar-refractivity contribution in [2.75, 3.05) is 6.54 Å². The fourth-order valence-corrected chi connectivity index (χ4v) is 2.17. The molecule has 20 heavy (non-hydrogen) atoms. The van der Waals surface area contributed by atoms with Gasteiger partial charge in [-0.3, -0.25) is 4.98 Å². The number of benzene rings is 1. The van der Waals surface area contributed by atoms with Crippen LogP contribution in [0.25, 0.3) is 0 Å². The average molecular weight is 270 g/mol. The Morgan fingerprint density at radius 1 is 1.20 bits per heavy atom. The highest BCUT2D eigenvalue weighted by molar-refractivity contribution is 5.37. The largest absolute Gasteiger partial charge is 0.489 e. The third-order valence-electron chi connectivity index (χ3n) is 3.35. The van der Waals surface area contributed by atoms with Gasteiger partial charge in [0.2, 0.25) is 0 Å². The van der Waals surface area contributed by atoms with E-state index in [1.807, 2.05) is 12.1 Å². The molecular weight excluding hydrogens is 248 g/mol. The van der Waals surface area contributed by atoms with Crippen LogP contribution in [-0.2, 0) is 6.61 Å². The molecule has 1 unspecified atom stereocenters. The van der Waals surface area contributed by atoms with Crippen LogP contribution in [0.2, 0.25) is 0 Å². The number of hydrogen-bond acceptors (Lipinski definition) is 3. The molecule has 1 aromatic heterocycles. The first-order valence-electron chi connectivity index (χ1n) is 7.06. The molecule has 3 heteroatoms. The van der Waals surface area contributed by atoms with Gasteiger partial charge in [-0.1, -0.05) is 19.1 Å². The van der Waals surface area contributed by atoms with E-state index in [1.54, 1.807) is 12.4 Å². The molecule has 106 valence electrons. The molecule has 0 saturated heterocycles. The molecule has 2 rings (SSSR count). The lowest BCUT2D eigenvalue weighted by molar-refractivity contribution is 0.304. The monoisotopic (exact) mass is 270 g/mol. The zero-order chi connectivity index (χ0) is 14.4. The van der Waals surface area contributed by atoms with Crippen LogP contribution in [0.4, 0.5) is 0 Å². The number of nitrogens with one attached hydrogen (secondary N) is 1. The standard InChI is InChI=1S/C17H22N2O/c1-4-19-14(3)16-5-6-17(13(2)11-16)20-12-15-7-9-18-10-8-15/h5-11,14,19H,4,12H2,1-3H3. The van der Waals surface area contributed by atoms with Crippen molar-refractivity contribution in [2.24, 2.45) is 0 Å². The van der Waals surface area contributed by atoms with E-state index in [9.17, 15) is 0 Å². The fourth-order valence-electron chi connectivity index (χ4n) is 2.17. The lowest BCUT2D eigenvalue weighted by Gasteiger charge is -2.15. The number of aryl methyl sites for hydroxylation is 1. The molecule has 0 spiro atoms. The van der Waals surface area contributed by atoms with Crippen LogP contribution >= 0.6 is 0 Å². The van der Waals surface area contributed by atoms with Gasteiger partial charge in [0, 0.05) is 18.4 Å². The normalized spacial score (nSPS) is 12.2. The van der Waals surface area contributed by atoms with Crippen molar-refractivity contribution in [1.29, 1.82) is 0 Å². The van der Waals surface area contributed by atoms with Crippen LogP contribution in [0, 0.1) is 6.92 Å². The van der Waals surface area contributed by atoms with Crippen LogP contribution in [0.3, 0.4) is 0 Å². The van der Waals surface area contributed by atoms with E-state index in [4.69, 9.17) is 4.74 Å². The fraction of sp³-hybridized carbons (Fsp3) is 0.353. The molecule has 1 aromatic carbocycles. The van der Waals surface area contributed by atoms with Gasteiger partial charge < -0.3 is 10.1 Å². The predicted molar refractivity (Wildman–Crippen MR) is 81.8 cm³/mol. The van der Waals surface area contributed by atoms with Crippen LogP contribution in [0.5, 0.6) is 5.75 Å². The number of rotatable bonds is 6. The first-order valence-corrected chi connectivity index (χ1v) is 7.06. The van der Waals surface area contributed by atoms with Gasteiger partial charge in [-0.25, -0.2) is 0 Å². The molecule has 0 fully saturated rings. The second-order valence-electron chi connectivity index (χ2n) is 4.95. The maximum atomic E-state index is 5.87. The second-order valence-corrected chi connectivity index (χ2v) is 4.95. The van der Waals surface area contributed by atoms with Gasteiger partial charge in [-0.2, -0.15) is 0 Å². The van der Waals surface area contributed by atoms with Gasteiger partial charge in [0.25, 0.3) is 0 Å². The van der Waals surface area contributed by atoms with Gasteiger partial charge in [0.15, 0.2) is 0 Å². The zero-order valence-electron chi connectivity index (χ0n) is 12.4. The number of aromatic nitrogens is 1. The van der Waals surface area contributed by atoms with E-state index in [1.165, 1.54) is 11.1 Å². The number of ether oxygens (including phenoxy) is 1. The summed E-state index contributed by atoms with van der Waals surface area (Å²) < 4.78 is 5.87. The lowest BCUT2D eigenvalue weighted by atomic mass is 10.1. The predicted octanol–water partition coefficient (Wildman–Crippen LogP) is 3.64. The van der Waals surface area contributed by atoms with Crippen molar-refractivity contribution < 1.29 is 4.74 Å². The minimum Gasteiger partial charge on any atom is -0.489 e. The summed E-state index contributed by atoms with van der Waals surface area (Å²) in [6.45, 7) is 7.93. The highest BCUT2D eigenvalue weighted by Gasteiger charge is 2.07. The summed E-state index contributed by atoms with van der Waals surface area (Å²) in [5.74, 6) is 0.939. The van der Waals surface area contributed by atoms with E-state index < -0.39 is 0 Å². The Bertz CT molecular complexity index is 540. The first-order chi connectivity index (χ1) is 9.70. The topological polar surface area (TPSA) is 34.1 Å². The average Bonchev–Trinajstić information content (AvgIpc) is 2.47. The van der Waals surface area contributed by atoms with E-state index in [2.05, 4.69) is 49.3 Å². The van der Waals surface area contributed by atoms with Gasteiger partial charge in [-0.15, -0.1) is 0 Å². The Hall–Kier alpha value is -1.87. The zero-order valence-corrected chi connectivity index (χ0v) is 12.4. The Morgan fingerprint density at radius 2 is 1.95 bits per heavy atom. The van der Waals surface area contributed by atoms with Crippen LogP contribution in [0.15, 0.2) is 42.7 Å². The molecule has 1 heterocycles. The maximum absolute atomic E-state index is 5.87. The Kier molecular flexibility index (Phi) is 5.13. The molecular formula is C17H22N2O. The number of pyridine rings is 1. The smallest absolute Gasteiger partial charge is 0.122 e. The minimum absolute atomic E-state index is 0.368. The highest BCUT2D eigenvalue weighted by atomic mass is 16.5. The maximum Gasteiger partial charge on any atom is 0.122 e. The van der Waals surface area contributed by atoms with Gasteiger partial charge in [-0.05, 0) is 55.3 Å². The van der Waals surface area contributed by atoms with Crippen molar-refractivity contribution in [3.05, 3.63) is 59.4 Å². The second kappa shape index (κ2) is 7.06. The van der Waals surface area contributed by atoms with Crippen molar-refractivity contribution in [2.45, 2.75) is 33.4 Å². The molecule has 0 bridgehead atoms.